The molecule has 16 heavy (non-hydrogen) atoms. The maximum atomic E-state index is 2.41. The number of hydrogen-bond donors (Lipinski definition) is 0. The Bertz CT molecular complexity index is 139. The molecule has 0 rings (SSSR count). The molecule has 1 atom stereocenters. The van der Waals surface area contributed by atoms with E-state index >= 15 is 0 Å². The Morgan fingerprint density at radius 1 is 0.562 bits per heavy atom. The van der Waals surface area contributed by atoms with Crippen molar-refractivity contribution in [2.24, 2.45) is 5.41 Å². The van der Waals surface area contributed by atoms with Crippen LogP contribution in [-0.4, -0.2) is 0 Å². The van der Waals surface area contributed by atoms with Gasteiger partial charge >= 0.3 is 0 Å². The van der Waals surface area contributed by atoms with Crippen molar-refractivity contribution < 1.29 is 0 Å². The predicted molar refractivity (Wildman–Crippen MR) is 75.9 cm³/mol. The monoisotopic (exact) mass is 226 g/mol. The lowest BCUT2D eigenvalue weighted by molar-refractivity contribution is 0.193. The first kappa shape index (κ1) is 16.0. The fourth-order valence-electron chi connectivity index (χ4n) is 2.91. The molecule has 0 saturated carbocycles. The molecule has 0 heterocycles. The van der Waals surface area contributed by atoms with E-state index in [-0.39, 0.29) is 0 Å². The fourth-order valence-corrected chi connectivity index (χ4v) is 2.91. The van der Waals surface area contributed by atoms with E-state index in [0.29, 0.717) is 5.41 Å². The Morgan fingerprint density at radius 2 is 1.19 bits per heavy atom. The molecule has 0 fully saturated rings. The van der Waals surface area contributed by atoms with Gasteiger partial charge in [0.1, 0.15) is 0 Å². The quantitative estimate of drug-likeness (QED) is 0.360. The van der Waals surface area contributed by atoms with Crippen LogP contribution >= 0.6 is 0 Å². The van der Waals surface area contributed by atoms with Gasteiger partial charge in [0.25, 0.3) is 0 Å². The molecule has 0 bridgehead atoms. The highest BCUT2D eigenvalue weighted by molar-refractivity contribution is 4.77. The van der Waals surface area contributed by atoms with Crippen molar-refractivity contribution in [2.45, 2.75) is 98.3 Å². The van der Waals surface area contributed by atoms with Crippen molar-refractivity contribution in [3.63, 3.8) is 0 Å². The van der Waals surface area contributed by atoms with Crippen molar-refractivity contribution in [2.75, 3.05) is 0 Å². The summed E-state index contributed by atoms with van der Waals surface area (Å²) in [5, 5.41) is 0. The van der Waals surface area contributed by atoms with Crippen LogP contribution in [0.1, 0.15) is 98.3 Å². The van der Waals surface area contributed by atoms with Crippen LogP contribution in [0.15, 0.2) is 0 Å². The van der Waals surface area contributed by atoms with Crippen molar-refractivity contribution in [1.82, 2.24) is 0 Å². The first-order chi connectivity index (χ1) is 7.74. The van der Waals surface area contributed by atoms with Crippen LogP contribution in [0.4, 0.5) is 0 Å². The van der Waals surface area contributed by atoms with E-state index in [1.54, 1.807) is 0 Å². The molecule has 0 unspecified atom stereocenters. The topological polar surface area (TPSA) is 0 Å². The minimum Gasteiger partial charge on any atom is -0.0654 e. The molecule has 0 N–H and O–H groups in total. The van der Waals surface area contributed by atoms with E-state index in [4.69, 9.17) is 0 Å². The van der Waals surface area contributed by atoms with E-state index in [2.05, 4.69) is 27.7 Å². The number of rotatable bonds is 11. The first-order valence-corrected chi connectivity index (χ1v) is 7.74. The zero-order valence-electron chi connectivity index (χ0n) is 12.3. The highest BCUT2D eigenvalue weighted by Crippen LogP contribution is 2.39. The van der Waals surface area contributed by atoms with Crippen LogP contribution in [0.3, 0.4) is 0 Å². The van der Waals surface area contributed by atoms with Gasteiger partial charge in [0.05, 0.1) is 0 Å². The van der Waals surface area contributed by atoms with E-state index in [1.807, 2.05) is 0 Å². The number of unbranched alkanes of at least 4 members (excludes halogenated alkanes) is 4. The van der Waals surface area contributed by atoms with Crippen molar-refractivity contribution in [3.8, 4) is 0 Å². The van der Waals surface area contributed by atoms with E-state index in [9.17, 15) is 0 Å². The second kappa shape index (κ2) is 10.2. The zero-order chi connectivity index (χ0) is 12.3. The van der Waals surface area contributed by atoms with Gasteiger partial charge in [0.15, 0.2) is 0 Å². The van der Waals surface area contributed by atoms with Crippen LogP contribution in [0.2, 0.25) is 0 Å². The van der Waals surface area contributed by atoms with Gasteiger partial charge in [-0.05, 0) is 24.7 Å². The van der Waals surface area contributed by atoms with Crippen LogP contribution in [0, 0.1) is 5.41 Å². The summed E-state index contributed by atoms with van der Waals surface area (Å²) in [5.41, 5.74) is 0.693. The van der Waals surface area contributed by atoms with E-state index in [1.165, 1.54) is 70.6 Å². The van der Waals surface area contributed by atoms with Crippen molar-refractivity contribution in [3.05, 3.63) is 0 Å². The summed E-state index contributed by atoms with van der Waals surface area (Å²) in [4.78, 5) is 0. The molecule has 0 radical (unpaired) electrons. The second-order valence-electron chi connectivity index (χ2n) is 5.52. The molecule has 0 nitrogen and oxygen atoms in total. The molecule has 0 aliphatic carbocycles. The molecule has 0 aromatic carbocycles. The third-order valence-electron chi connectivity index (χ3n) is 4.15. The predicted octanol–water partition coefficient (Wildman–Crippen LogP) is 6.34. The fraction of sp³-hybridized carbons (Fsp3) is 1.00. The van der Waals surface area contributed by atoms with Gasteiger partial charge in [-0.15, -0.1) is 0 Å². The maximum absolute atomic E-state index is 2.41. The van der Waals surface area contributed by atoms with Crippen LogP contribution < -0.4 is 0 Å². The van der Waals surface area contributed by atoms with Crippen molar-refractivity contribution in [1.29, 1.82) is 0 Å². The van der Waals surface area contributed by atoms with Crippen molar-refractivity contribution >= 4 is 0 Å². The smallest absolute Gasteiger partial charge is 0.0300 e. The van der Waals surface area contributed by atoms with Crippen LogP contribution in [-0.2, 0) is 0 Å². The molecule has 0 saturated heterocycles. The minimum absolute atomic E-state index is 0.693. The van der Waals surface area contributed by atoms with Gasteiger partial charge < -0.3 is 0 Å². The summed E-state index contributed by atoms with van der Waals surface area (Å²) in [6.07, 6.45) is 15.7. The SMILES string of the molecule is CCCCCC[C@@](CC)(CCC)CCCC. The minimum atomic E-state index is 0.693. The maximum Gasteiger partial charge on any atom is -0.0300 e. The molecule has 0 amide bonds. The molecular formula is C16H34. The zero-order valence-corrected chi connectivity index (χ0v) is 12.3. The summed E-state index contributed by atoms with van der Waals surface area (Å²) in [6.45, 7) is 9.38. The van der Waals surface area contributed by atoms with E-state index in [0.717, 1.165) is 0 Å². The molecule has 98 valence electrons. The molecule has 0 heteroatoms. The normalized spacial score (nSPS) is 15.0. The van der Waals surface area contributed by atoms with Gasteiger partial charge in [-0.1, -0.05) is 79.1 Å². The Balaban J connectivity index is 4.04. The standard InChI is InChI=1S/C16H34/c1-5-9-11-12-15-16(8-4,13-7-3)14-10-6-2/h5-15H2,1-4H3/t16-/m0/s1. The lowest BCUT2D eigenvalue weighted by Gasteiger charge is -2.33. The van der Waals surface area contributed by atoms with Gasteiger partial charge in [-0.3, -0.25) is 0 Å². The van der Waals surface area contributed by atoms with Crippen LogP contribution in [0.25, 0.3) is 0 Å². The molecular weight excluding hydrogens is 192 g/mol. The molecule has 0 aliphatic heterocycles. The average Bonchev–Trinajstić information content (AvgIpc) is 2.31. The lowest BCUT2D eigenvalue weighted by atomic mass is 9.73. The van der Waals surface area contributed by atoms with Gasteiger partial charge in [-0.2, -0.15) is 0 Å². The van der Waals surface area contributed by atoms with Crippen LogP contribution in [0.5, 0.6) is 0 Å². The first-order valence-electron chi connectivity index (χ1n) is 7.74. The van der Waals surface area contributed by atoms with Gasteiger partial charge in [-0.25, -0.2) is 0 Å². The summed E-state index contributed by atoms with van der Waals surface area (Å²) in [6, 6.07) is 0. The molecule has 0 aliphatic rings. The van der Waals surface area contributed by atoms with Gasteiger partial charge in [0, 0.05) is 0 Å². The largest absolute Gasteiger partial charge is 0.0654 e. The summed E-state index contributed by atoms with van der Waals surface area (Å²) in [7, 11) is 0. The molecule has 0 spiro atoms. The molecule has 0 aromatic heterocycles. The Labute approximate surface area is 104 Å². The molecule has 0 aromatic rings. The summed E-state index contributed by atoms with van der Waals surface area (Å²) >= 11 is 0. The third-order valence-corrected chi connectivity index (χ3v) is 4.15. The second-order valence-corrected chi connectivity index (χ2v) is 5.52. The number of hydrogen-bond acceptors (Lipinski definition) is 0. The van der Waals surface area contributed by atoms with Gasteiger partial charge in [0.2, 0.25) is 0 Å². The van der Waals surface area contributed by atoms with E-state index < -0.39 is 0 Å². The third kappa shape index (κ3) is 6.55. The summed E-state index contributed by atoms with van der Waals surface area (Å²) in [5.74, 6) is 0. The highest BCUT2D eigenvalue weighted by atomic mass is 14.3. The highest BCUT2D eigenvalue weighted by Gasteiger charge is 2.25. The average molecular weight is 226 g/mol. The Kier molecular flexibility index (Phi) is 10.2. The lowest BCUT2D eigenvalue weighted by Crippen LogP contribution is -2.19. The Morgan fingerprint density at radius 3 is 1.69 bits per heavy atom. The summed E-state index contributed by atoms with van der Waals surface area (Å²) < 4.78 is 0. The Hall–Kier alpha value is 0.